The molecule has 0 aliphatic rings. The third-order valence-corrected chi connectivity index (χ3v) is 2.10. The van der Waals surface area contributed by atoms with Crippen LogP contribution >= 0.6 is 0 Å². The molecular weight excluding hydrogens is 196 g/mol. The van der Waals surface area contributed by atoms with Crippen LogP contribution in [0.15, 0.2) is 4.79 Å². The van der Waals surface area contributed by atoms with Gasteiger partial charge in [-0.1, -0.05) is 13.8 Å². The zero-order valence-electron chi connectivity index (χ0n) is 9.25. The van der Waals surface area contributed by atoms with E-state index in [1.54, 1.807) is 6.92 Å². The van der Waals surface area contributed by atoms with Crippen LogP contribution in [-0.4, -0.2) is 23.0 Å². The number of aromatic nitrogens is 2. The third kappa shape index (κ3) is 2.23. The fourth-order valence-corrected chi connectivity index (χ4v) is 1.47. The maximum absolute atomic E-state index is 11.6. The number of ether oxygens (including phenoxy) is 1. The summed E-state index contributed by atoms with van der Waals surface area (Å²) in [5.74, 6) is -0.608. The first-order valence-corrected chi connectivity index (χ1v) is 4.66. The van der Waals surface area contributed by atoms with Gasteiger partial charge in [-0.15, -0.1) is 0 Å². The van der Waals surface area contributed by atoms with Gasteiger partial charge >= 0.3 is 5.97 Å². The van der Waals surface area contributed by atoms with E-state index < -0.39 is 5.97 Å². The molecule has 1 rings (SSSR count). The van der Waals surface area contributed by atoms with E-state index in [0.29, 0.717) is 11.3 Å². The third-order valence-electron chi connectivity index (χ3n) is 2.10. The van der Waals surface area contributed by atoms with E-state index >= 15 is 0 Å². The first-order chi connectivity index (χ1) is 6.97. The van der Waals surface area contributed by atoms with Gasteiger partial charge in [-0.3, -0.25) is 4.79 Å². The molecule has 0 fully saturated rings. The summed E-state index contributed by atoms with van der Waals surface area (Å²) in [5, 5.41) is 0. The van der Waals surface area contributed by atoms with Gasteiger partial charge in [0, 0.05) is 11.3 Å². The van der Waals surface area contributed by atoms with Gasteiger partial charge in [-0.2, -0.15) is 0 Å². The normalized spacial score (nSPS) is 10.5. The lowest BCUT2D eigenvalue weighted by Crippen LogP contribution is -2.22. The molecular formula is C10H14N2O3. The van der Waals surface area contributed by atoms with Gasteiger partial charge < -0.3 is 9.72 Å². The lowest BCUT2D eigenvalue weighted by Gasteiger charge is -2.08. The highest BCUT2D eigenvalue weighted by Gasteiger charge is 2.15. The summed E-state index contributed by atoms with van der Waals surface area (Å²) < 4.78 is 4.48. The van der Waals surface area contributed by atoms with E-state index in [1.807, 2.05) is 13.8 Å². The van der Waals surface area contributed by atoms with Gasteiger partial charge in [0.1, 0.15) is 0 Å². The van der Waals surface area contributed by atoms with Crippen molar-refractivity contribution in [3.63, 3.8) is 0 Å². The molecule has 0 radical (unpaired) electrons. The quantitative estimate of drug-likeness (QED) is 0.739. The predicted octanol–water partition coefficient (Wildman–Crippen LogP) is 0.988. The average Bonchev–Trinajstić information content (AvgIpc) is 2.14. The maximum Gasteiger partial charge on any atom is 0.374 e. The van der Waals surface area contributed by atoms with Crippen LogP contribution < -0.4 is 5.56 Å². The molecule has 5 nitrogen and oxygen atoms in total. The Bertz CT molecular complexity index is 435. The second-order valence-electron chi connectivity index (χ2n) is 3.56. The number of rotatable bonds is 2. The minimum absolute atomic E-state index is 0.0515. The van der Waals surface area contributed by atoms with Crippen molar-refractivity contribution in [2.75, 3.05) is 7.11 Å². The van der Waals surface area contributed by atoms with Crippen molar-refractivity contribution < 1.29 is 9.53 Å². The molecule has 82 valence electrons. The summed E-state index contributed by atoms with van der Waals surface area (Å²) in [6, 6.07) is 0. The molecule has 0 amide bonds. The highest BCUT2D eigenvalue weighted by atomic mass is 16.5. The second-order valence-corrected chi connectivity index (χ2v) is 3.56. The van der Waals surface area contributed by atoms with E-state index in [1.165, 1.54) is 7.11 Å². The van der Waals surface area contributed by atoms with Crippen LogP contribution in [0.4, 0.5) is 0 Å². The zero-order valence-corrected chi connectivity index (χ0v) is 9.25. The van der Waals surface area contributed by atoms with Crippen molar-refractivity contribution in [1.29, 1.82) is 0 Å². The number of H-pyrrole nitrogens is 1. The molecule has 0 aliphatic carbocycles. The van der Waals surface area contributed by atoms with Crippen LogP contribution in [0.1, 0.15) is 41.6 Å². The largest absolute Gasteiger partial charge is 0.463 e. The Balaban J connectivity index is 3.32. The van der Waals surface area contributed by atoms with Gasteiger partial charge in [-0.25, -0.2) is 9.78 Å². The Morgan fingerprint density at radius 1 is 1.47 bits per heavy atom. The Morgan fingerprint density at radius 2 is 2.07 bits per heavy atom. The lowest BCUT2D eigenvalue weighted by atomic mass is 10.0. The summed E-state index contributed by atoms with van der Waals surface area (Å²) in [7, 11) is 1.24. The number of hydrogen-bond acceptors (Lipinski definition) is 4. The molecule has 0 aromatic carbocycles. The number of nitrogens with zero attached hydrogens (tertiary/aromatic N) is 1. The van der Waals surface area contributed by atoms with Crippen LogP contribution in [-0.2, 0) is 4.74 Å². The monoisotopic (exact) mass is 210 g/mol. The van der Waals surface area contributed by atoms with Gasteiger partial charge in [0.25, 0.3) is 5.56 Å². The minimum atomic E-state index is -0.634. The van der Waals surface area contributed by atoms with E-state index in [2.05, 4.69) is 14.7 Å². The number of aryl methyl sites for hydroxylation is 1. The molecule has 0 saturated heterocycles. The number of methoxy groups -OCH3 is 1. The summed E-state index contributed by atoms with van der Waals surface area (Å²) in [6.07, 6.45) is 0. The number of aromatic amines is 1. The molecule has 0 bridgehead atoms. The van der Waals surface area contributed by atoms with Gasteiger partial charge in [-0.05, 0) is 12.8 Å². The number of nitrogens with one attached hydrogen (secondary N) is 1. The Labute approximate surface area is 87.5 Å². The van der Waals surface area contributed by atoms with E-state index in [0.717, 1.165) is 0 Å². The molecule has 1 N–H and O–H groups in total. The van der Waals surface area contributed by atoms with Crippen molar-refractivity contribution in [3.05, 3.63) is 27.4 Å². The number of esters is 1. The Morgan fingerprint density at radius 3 is 2.47 bits per heavy atom. The lowest BCUT2D eigenvalue weighted by molar-refractivity contribution is 0.0586. The summed E-state index contributed by atoms with van der Waals surface area (Å²) in [4.78, 5) is 29.2. The van der Waals surface area contributed by atoms with Crippen LogP contribution in [0.3, 0.4) is 0 Å². The van der Waals surface area contributed by atoms with Gasteiger partial charge in [0.05, 0.1) is 7.11 Å². The fraction of sp³-hybridized carbons (Fsp3) is 0.500. The van der Waals surface area contributed by atoms with E-state index in [-0.39, 0.29) is 17.3 Å². The van der Waals surface area contributed by atoms with Crippen LogP contribution in [0, 0.1) is 6.92 Å². The Kier molecular flexibility index (Phi) is 3.24. The average molecular weight is 210 g/mol. The molecule has 0 saturated carbocycles. The van der Waals surface area contributed by atoms with Crippen molar-refractivity contribution in [2.45, 2.75) is 26.7 Å². The molecule has 0 atom stereocenters. The van der Waals surface area contributed by atoms with Crippen molar-refractivity contribution in [3.8, 4) is 0 Å². The zero-order chi connectivity index (χ0) is 11.6. The SMILES string of the molecule is COC(=O)c1nc(C)c(C(C)C)c(=O)[nH]1. The standard InChI is InChI=1S/C10H14N2O3/c1-5(2)7-6(3)11-8(10(14)15-4)12-9(7)13/h5H,1-4H3,(H,11,12,13). The number of carbonyl (C=O) groups is 1. The second kappa shape index (κ2) is 4.25. The molecule has 1 aromatic heterocycles. The van der Waals surface area contributed by atoms with Crippen molar-refractivity contribution in [2.24, 2.45) is 0 Å². The summed E-state index contributed by atoms with van der Waals surface area (Å²) in [6.45, 7) is 5.51. The van der Waals surface area contributed by atoms with Gasteiger partial charge in [0.15, 0.2) is 0 Å². The molecule has 0 unspecified atom stereocenters. The highest BCUT2D eigenvalue weighted by Crippen LogP contribution is 2.12. The number of hydrogen-bond donors (Lipinski definition) is 1. The van der Waals surface area contributed by atoms with Gasteiger partial charge in [0.2, 0.25) is 5.82 Å². The summed E-state index contributed by atoms with van der Waals surface area (Å²) in [5.41, 5.74) is 0.884. The van der Waals surface area contributed by atoms with E-state index in [4.69, 9.17) is 0 Å². The predicted molar refractivity (Wildman–Crippen MR) is 55.0 cm³/mol. The molecule has 1 heterocycles. The maximum atomic E-state index is 11.6. The van der Waals surface area contributed by atoms with Crippen LogP contribution in [0.5, 0.6) is 0 Å². The molecule has 0 aliphatic heterocycles. The van der Waals surface area contributed by atoms with Crippen molar-refractivity contribution in [1.82, 2.24) is 9.97 Å². The van der Waals surface area contributed by atoms with Crippen LogP contribution in [0.25, 0.3) is 0 Å². The first-order valence-electron chi connectivity index (χ1n) is 4.66. The van der Waals surface area contributed by atoms with Crippen LogP contribution in [0.2, 0.25) is 0 Å². The topological polar surface area (TPSA) is 72.0 Å². The molecule has 1 aromatic rings. The molecule has 0 spiro atoms. The Hall–Kier alpha value is -1.65. The highest BCUT2D eigenvalue weighted by molar-refractivity contribution is 5.84. The smallest absolute Gasteiger partial charge is 0.374 e. The molecule has 5 heteroatoms. The number of carbonyl (C=O) groups excluding carboxylic acids is 1. The summed E-state index contributed by atoms with van der Waals surface area (Å²) >= 11 is 0. The van der Waals surface area contributed by atoms with E-state index in [9.17, 15) is 9.59 Å². The first kappa shape index (κ1) is 11.4. The van der Waals surface area contributed by atoms with Crippen molar-refractivity contribution >= 4 is 5.97 Å². The fourth-order valence-electron chi connectivity index (χ4n) is 1.47. The minimum Gasteiger partial charge on any atom is -0.463 e. The molecule has 15 heavy (non-hydrogen) atoms.